The van der Waals surface area contributed by atoms with Crippen molar-refractivity contribution in [2.45, 2.75) is 26.4 Å². The van der Waals surface area contributed by atoms with Gasteiger partial charge in [0.25, 0.3) is 0 Å². The summed E-state index contributed by atoms with van der Waals surface area (Å²) in [5, 5.41) is 0. The van der Waals surface area contributed by atoms with Crippen LogP contribution in [0, 0.1) is 0 Å². The number of guanidine groups is 1. The van der Waals surface area contributed by atoms with Gasteiger partial charge in [-0.2, -0.15) is 0 Å². The lowest BCUT2D eigenvalue weighted by Gasteiger charge is -2.21. The van der Waals surface area contributed by atoms with Gasteiger partial charge >= 0.3 is 0 Å². The molecule has 6 heteroatoms. The molecule has 0 rings (SSSR count). The first-order valence-electron chi connectivity index (χ1n) is 5.94. The van der Waals surface area contributed by atoms with E-state index in [9.17, 15) is 0 Å². The maximum atomic E-state index is 5.46. The number of hydrazine groups is 1. The Labute approximate surface area is 104 Å². The number of nitrogens with two attached hydrogens (primary N) is 1. The van der Waals surface area contributed by atoms with Gasteiger partial charge in [-0.05, 0) is 20.3 Å². The molecular formula is C11H26N4O2. The van der Waals surface area contributed by atoms with E-state index in [4.69, 9.17) is 15.3 Å². The normalized spacial score (nSPS) is 12.0. The minimum atomic E-state index is 0.247. The molecule has 0 aromatic heterocycles. The molecule has 0 aromatic rings. The van der Waals surface area contributed by atoms with Crippen LogP contribution in [0.5, 0.6) is 0 Å². The van der Waals surface area contributed by atoms with Crippen molar-refractivity contribution >= 4 is 5.96 Å². The number of likely N-dealkylation sites (N-methyl/N-ethyl adjacent to an activating group) is 1. The van der Waals surface area contributed by atoms with E-state index in [0.717, 1.165) is 13.0 Å². The molecule has 3 N–H and O–H groups in total. The first-order valence-corrected chi connectivity index (χ1v) is 5.94. The Bertz CT molecular complexity index is 210. The van der Waals surface area contributed by atoms with E-state index in [2.05, 4.69) is 10.4 Å². The van der Waals surface area contributed by atoms with Gasteiger partial charge in [0.05, 0.1) is 12.7 Å². The van der Waals surface area contributed by atoms with Crippen molar-refractivity contribution in [3.05, 3.63) is 0 Å². The minimum absolute atomic E-state index is 0.247. The van der Waals surface area contributed by atoms with Crippen LogP contribution in [0.1, 0.15) is 20.3 Å². The van der Waals surface area contributed by atoms with Crippen LogP contribution >= 0.6 is 0 Å². The molecule has 0 amide bonds. The highest BCUT2D eigenvalue weighted by atomic mass is 16.5. The van der Waals surface area contributed by atoms with Gasteiger partial charge in [0.2, 0.25) is 5.96 Å². The fourth-order valence-corrected chi connectivity index (χ4v) is 1.20. The van der Waals surface area contributed by atoms with E-state index in [1.54, 1.807) is 7.11 Å². The Morgan fingerprint density at radius 3 is 2.65 bits per heavy atom. The summed E-state index contributed by atoms with van der Waals surface area (Å²) >= 11 is 0. The molecule has 0 fully saturated rings. The lowest BCUT2D eigenvalue weighted by molar-refractivity contribution is 0.0721. The minimum Gasteiger partial charge on any atom is -0.385 e. The highest BCUT2D eigenvalue weighted by molar-refractivity contribution is 5.79. The van der Waals surface area contributed by atoms with E-state index in [1.807, 2.05) is 25.8 Å². The van der Waals surface area contributed by atoms with Gasteiger partial charge in [-0.3, -0.25) is 10.4 Å². The number of methoxy groups -OCH3 is 1. The fourth-order valence-electron chi connectivity index (χ4n) is 1.20. The molecule has 0 unspecified atom stereocenters. The first kappa shape index (κ1) is 16.1. The topological polar surface area (TPSA) is 72.1 Å². The molecule has 6 nitrogen and oxygen atoms in total. The largest absolute Gasteiger partial charge is 0.385 e. The number of aliphatic imine (C=N–C) groups is 1. The van der Waals surface area contributed by atoms with Gasteiger partial charge in [0.15, 0.2) is 0 Å². The van der Waals surface area contributed by atoms with Crippen molar-refractivity contribution in [1.29, 1.82) is 0 Å². The maximum absolute atomic E-state index is 5.46. The molecule has 0 saturated heterocycles. The summed E-state index contributed by atoms with van der Waals surface area (Å²) < 4.78 is 10.4. The average molecular weight is 246 g/mol. The van der Waals surface area contributed by atoms with Crippen LogP contribution in [0.25, 0.3) is 0 Å². The van der Waals surface area contributed by atoms with E-state index in [1.165, 1.54) is 0 Å². The Kier molecular flexibility index (Phi) is 9.80. The summed E-state index contributed by atoms with van der Waals surface area (Å²) in [6, 6.07) is 0. The van der Waals surface area contributed by atoms with Crippen LogP contribution in [0.4, 0.5) is 0 Å². The lowest BCUT2D eigenvalue weighted by Crippen LogP contribution is -2.44. The molecule has 0 bridgehead atoms. The van der Waals surface area contributed by atoms with Gasteiger partial charge in [-0.1, -0.05) is 0 Å². The van der Waals surface area contributed by atoms with Crippen molar-refractivity contribution in [2.75, 3.05) is 40.5 Å². The van der Waals surface area contributed by atoms with E-state index in [-0.39, 0.29) is 6.10 Å². The number of nitrogens with one attached hydrogen (secondary N) is 1. The molecule has 0 aliphatic carbocycles. The maximum Gasteiger partial charge on any atom is 0.208 e. The summed E-state index contributed by atoms with van der Waals surface area (Å²) in [5.74, 6) is 6.10. The third kappa shape index (κ3) is 8.91. The van der Waals surface area contributed by atoms with Gasteiger partial charge in [-0.25, -0.2) is 5.84 Å². The predicted molar refractivity (Wildman–Crippen MR) is 69.8 cm³/mol. The summed E-state index contributed by atoms with van der Waals surface area (Å²) in [5.41, 5.74) is 2.60. The summed E-state index contributed by atoms with van der Waals surface area (Å²) in [6.07, 6.45) is 1.13. The van der Waals surface area contributed by atoms with Crippen molar-refractivity contribution < 1.29 is 9.47 Å². The molecule has 0 atom stereocenters. The van der Waals surface area contributed by atoms with Gasteiger partial charge < -0.3 is 14.4 Å². The number of ether oxygens (including phenoxy) is 2. The second kappa shape index (κ2) is 10.3. The molecule has 0 aromatic carbocycles. The van der Waals surface area contributed by atoms with E-state index in [0.29, 0.717) is 25.7 Å². The van der Waals surface area contributed by atoms with Crippen molar-refractivity contribution in [3.8, 4) is 0 Å². The molecule has 0 heterocycles. The Hall–Kier alpha value is -0.850. The van der Waals surface area contributed by atoms with Crippen molar-refractivity contribution in [1.82, 2.24) is 10.3 Å². The quantitative estimate of drug-likeness (QED) is 0.210. The fraction of sp³-hybridized carbons (Fsp3) is 0.909. The first-order chi connectivity index (χ1) is 8.11. The monoisotopic (exact) mass is 246 g/mol. The molecule has 0 aliphatic rings. The Morgan fingerprint density at radius 2 is 2.12 bits per heavy atom. The van der Waals surface area contributed by atoms with Crippen LogP contribution in [-0.4, -0.2) is 57.4 Å². The zero-order valence-corrected chi connectivity index (χ0v) is 11.4. The third-order valence-electron chi connectivity index (χ3n) is 2.14. The highest BCUT2D eigenvalue weighted by Crippen LogP contribution is 1.91. The summed E-state index contributed by atoms with van der Waals surface area (Å²) in [6.45, 7) is 6.85. The Balaban J connectivity index is 3.89. The number of hydrogen-bond acceptors (Lipinski definition) is 4. The summed E-state index contributed by atoms with van der Waals surface area (Å²) in [4.78, 5) is 6.29. The lowest BCUT2D eigenvalue weighted by atomic mass is 10.4. The van der Waals surface area contributed by atoms with Crippen LogP contribution < -0.4 is 11.3 Å². The highest BCUT2D eigenvalue weighted by Gasteiger charge is 2.04. The zero-order valence-electron chi connectivity index (χ0n) is 11.4. The molecule has 0 saturated carbocycles. The standard InChI is InChI=1S/C11H26N4O2/c1-10(2)17-9-7-15(3)11(14-12)13-6-5-8-16-4/h10H,5-9,12H2,1-4H3,(H,13,14). The smallest absolute Gasteiger partial charge is 0.208 e. The predicted octanol–water partition coefficient (Wildman–Crippen LogP) is 0.199. The van der Waals surface area contributed by atoms with Crippen LogP contribution in [0.3, 0.4) is 0 Å². The van der Waals surface area contributed by atoms with Crippen LogP contribution in [0.2, 0.25) is 0 Å². The number of nitrogens with zero attached hydrogens (tertiary/aromatic N) is 2. The molecule has 17 heavy (non-hydrogen) atoms. The zero-order chi connectivity index (χ0) is 13.1. The molecule has 0 radical (unpaired) electrons. The average Bonchev–Trinajstić information content (AvgIpc) is 2.28. The summed E-state index contributed by atoms with van der Waals surface area (Å²) in [7, 11) is 3.61. The molecule has 0 spiro atoms. The van der Waals surface area contributed by atoms with Gasteiger partial charge in [0, 0.05) is 33.9 Å². The SMILES string of the molecule is COCCCN=C(NN)N(C)CCOC(C)C. The van der Waals surface area contributed by atoms with Crippen LogP contribution in [0.15, 0.2) is 4.99 Å². The Morgan fingerprint density at radius 1 is 1.41 bits per heavy atom. The second-order valence-corrected chi connectivity index (χ2v) is 4.04. The van der Waals surface area contributed by atoms with Gasteiger partial charge in [0.1, 0.15) is 0 Å². The second-order valence-electron chi connectivity index (χ2n) is 4.04. The van der Waals surface area contributed by atoms with Crippen molar-refractivity contribution in [2.24, 2.45) is 10.8 Å². The van der Waals surface area contributed by atoms with Gasteiger partial charge in [-0.15, -0.1) is 0 Å². The molecular weight excluding hydrogens is 220 g/mol. The third-order valence-corrected chi connectivity index (χ3v) is 2.14. The van der Waals surface area contributed by atoms with Crippen molar-refractivity contribution in [3.63, 3.8) is 0 Å². The number of hydrogen-bond donors (Lipinski definition) is 2. The van der Waals surface area contributed by atoms with E-state index < -0.39 is 0 Å². The molecule has 0 aliphatic heterocycles. The molecule has 102 valence electrons. The number of rotatable bonds is 8. The van der Waals surface area contributed by atoms with E-state index >= 15 is 0 Å². The van der Waals surface area contributed by atoms with Crippen LogP contribution in [-0.2, 0) is 9.47 Å².